The second-order valence-electron chi connectivity index (χ2n) is 5.69. The van der Waals surface area contributed by atoms with E-state index in [1.54, 1.807) is 7.11 Å². The van der Waals surface area contributed by atoms with Crippen molar-refractivity contribution in [2.45, 2.75) is 45.3 Å². The van der Waals surface area contributed by atoms with Crippen molar-refractivity contribution in [2.24, 2.45) is 11.7 Å². The number of aromatic nitrogens is 2. The normalized spacial score (nSPS) is 18.4. The molecule has 0 bridgehead atoms. The standard InChI is InChI=1S/C15H28N4O/c1-4-18-11-14(10-17-18)15(9-16)19(7-8-20-3)12(2)13-5-6-13/h10-13,15H,4-9,16H2,1-3H3. The Morgan fingerprint density at radius 1 is 1.55 bits per heavy atom. The van der Waals surface area contributed by atoms with Crippen molar-refractivity contribution in [3.05, 3.63) is 18.0 Å². The topological polar surface area (TPSA) is 56.3 Å². The fourth-order valence-corrected chi connectivity index (χ4v) is 2.88. The van der Waals surface area contributed by atoms with Crippen molar-refractivity contribution < 1.29 is 4.74 Å². The molecule has 2 unspecified atom stereocenters. The van der Waals surface area contributed by atoms with Crippen LogP contribution in [0.3, 0.4) is 0 Å². The molecule has 1 saturated carbocycles. The zero-order valence-corrected chi connectivity index (χ0v) is 13.0. The maximum Gasteiger partial charge on any atom is 0.0590 e. The van der Waals surface area contributed by atoms with E-state index in [1.807, 2.05) is 10.9 Å². The quantitative estimate of drug-likeness (QED) is 0.747. The Kier molecular flexibility index (Phi) is 5.57. The number of methoxy groups -OCH3 is 1. The van der Waals surface area contributed by atoms with Gasteiger partial charge in [0.15, 0.2) is 0 Å². The summed E-state index contributed by atoms with van der Waals surface area (Å²) in [6, 6.07) is 0.796. The number of hydrogen-bond acceptors (Lipinski definition) is 4. The Morgan fingerprint density at radius 2 is 2.30 bits per heavy atom. The maximum atomic E-state index is 6.07. The molecule has 20 heavy (non-hydrogen) atoms. The molecular weight excluding hydrogens is 252 g/mol. The van der Waals surface area contributed by atoms with Crippen molar-refractivity contribution in [3.8, 4) is 0 Å². The Labute approximate surface area is 122 Å². The first-order valence-electron chi connectivity index (χ1n) is 7.68. The molecule has 0 radical (unpaired) electrons. The highest BCUT2D eigenvalue weighted by atomic mass is 16.5. The lowest BCUT2D eigenvalue weighted by Gasteiger charge is -2.35. The minimum atomic E-state index is 0.237. The summed E-state index contributed by atoms with van der Waals surface area (Å²) in [6.45, 7) is 7.61. The molecule has 2 atom stereocenters. The van der Waals surface area contributed by atoms with Gasteiger partial charge in [0.25, 0.3) is 0 Å². The largest absolute Gasteiger partial charge is 0.383 e. The van der Waals surface area contributed by atoms with Gasteiger partial charge in [0.1, 0.15) is 0 Å². The third-order valence-corrected chi connectivity index (χ3v) is 4.37. The van der Waals surface area contributed by atoms with Gasteiger partial charge in [-0.25, -0.2) is 0 Å². The lowest BCUT2D eigenvalue weighted by molar-refractivity contribution is 0.0834. The number of ether oxygens (including phenoxy) is 1. The zero-order valence-electron chi connectivity index (χ0n) is 13.0. The van der Waals surface area contributed by atoms with Gasteiger partial charge in [0, 0.05) is 44.5 Å². The zero-order chi connectivity index (χ0) is 14.5. The Morgan fingerprint density at radius 3 is 2.80 bits per heavy atom. The van der Waals surface area contributed by atoms with Crippen molar-refractivity contribution in [1.82, 2.24) is 14.7 Å². The molecule has 1 heterocycles. The molecule has 0 spiro atoms. The molecule has 2 N–H and O–H groups in total. The highest BCUT2D eigenvalue weighted by molar-refractivity contribution is 5.12. The summed E-state index contributed by atoms with van der Waals surface area (Å²) in [4.78, 5) is 2.50. The molecule has 1 aromatic rings. The van der Waals surface area contributed by atoms with Gasteiger partial charge in [-0.15, -0.1) is 0 Å². The van der Waals surface area contributed by atoms with E-state index in [4.69, 9.17) is 10.5 Å². The number of nitrogens with zero attached hydrogens (tertiary/aromatic N) is 3. The number of nitrogens with two attached hydrogens (primary N) is 1. The molecule has 0 amide bonds. The van der Waals surface area contributed by atoms with Gasteiger partial charge < -0.3 is 10.5 Å². The SMILES string of the molecule is CCn1cc(C(CN)N(CCOC)C(C)C2CC2)cn1. The molecule has 5 heteroatoms. The lowest BCUT2D eigenvalue weighted by atomic mass is 10.0. The van der Waals surface area contributed by atoms with Crippen LogP contribution in [0.15, 0.2) is 12.4 Å². The molecule has 0 aliphatic heterocycles. The van der Waals surface area contributed by atoms with Crippen LogP contribution in [0.4, 0.5) is 0 Å². The van der Waals surface area contributed by atoms with Crippen molar-refractivity contribution in [3.63, 3.8) is 0 Å². The first-order valence-corrected chi connectivity index (χ1v) is 7.68. The second-order valence-corrected chi connectivity index (χ2v) is 5.69. The second kappa shape index (κ2) is 7.20. The molecule has 1 fully saturated rings. The molecule has 0 aromatic carbocycles. The number of rotatable bonds is 9. The van der Waals surface area contributed by atoms with E-state index in [9.17, 15) is 0 Å². The van der Waals surface area contributed by atoms with Gasteiger partial charge in [-0.2, -0.15) is 5.10 Å². The predicted octanol–water partition coefficient (Wildman–Crippen LogP) is 1.65. The fraction of sp³-hybridized carbons (Fsp3) is 0.800. The summed E-state index contributed by atoms with van der Waals surface area (Å²) < 4.78 is 7.24. The first-order chi connectivity index (χ1) is 9.71. The van der Waals surface area contributed by atoms with Crippen molar-refractivity contribution >= 4 is 0 Å². The lowest BCUT2D eigenvalue weighted by Crippen LogP contribution is -2.42. The van der Waals surface area contributed by atoms with Crippen LogP contribution >= 0.6 is 0 Å². The summed E-state index contributed by atoms with van der Waals surface area (Å²) in [6.07, 6.45) is 6.77. The van der Waals surface area contributed by atoms with Crippen LogP contribution in [0, 0.1) is 5.92 Å². The van der Waals surface area contributed by atoms with Crippen LogP contribution < -0.4 is 5.73 Å². The van der Waals surface area contributed by atoms with E-state index in [2.05, 4.69) is 30.0 Å². The molecule has 1 aliphatic rings. The van der Waals surface area contributed by atoms with E-state index in [1.165, 1.54) is 18.4 Å². The summed E-state index contributed by atoms with van der Waals surface area (Å²) in [5, 5.41) is 4.39. The highest BCUT2D eigenvalue weighted by Crippen LogP contribution is 2.37. The molecule has 1 aromatic heterocycles. The van der Waals surface area contributed by atoms with E-state index in [0.717, 1.165) is 25.6 Å². The summed E-state index contributed by atoms with van der Waals surface area (Å²) in [5.41, 5.74) is 7.29. The number of hydrogen-bond donors (Lipinski definition) is 1. The minimum Gasteiger partial charge on any atom is -0.383 e. The summed E-state index contributed by atoms with van der Waals surface area (Å²) >= 11 is 0. The van der Waals surface area contributed by atoms with Crippen LogP contribution in [0.2, 0.25) is 0 Å². The third-order valence-electron chi connectivity index (χ3n) is 4.37. The molecule has 2 rings (SSSR count). The van der Waals surface area contributed by atoms with Crippen LogP contribution in [0.25, 0.3) is 0 Å². The smallest absolute Gasteiger partial charge is 0.0590 e. The van der Waals surface area contributed by atoms with E-state index in [0.29, 0.717) is 12.6 Å². The van der Waals surface area contributed by atoms with Crippen LogP contribution in [-0.2, 0) is 11.3 Å². The Balaban J connectivity index is 2.13. The summed E-state index contributed by atoms with van der Waals surface area (Å²) in [7, 11) is 1.76. The molecule has 0 saturated heterocycles. The van der Waals surface area contributed by atoms with Crippen LogP contribution in [0.1, 0.15) is 38.3 Å². The molecule has 114 valence electrons. The monoisotopic (exact) mass is 280 g/mol. The van der Waals surface area contributed by atoms with Gasteiger partial charge in [-0.1, -0.05) is 0 Å². The average Bonchev–Trinajstić information content (AvgIpc) is 3.21. The van der Waals surface area contributed by atoms with Gasteiger partial charge in [-0.3, -0.25) is 9.58 Å². The van der Waals surface area contributed by atoms with Crippen molar-refractivity contribution in [2.75, 3.05) is 26.8 Å². The number of aryl methyl sites for hydroxylation is 1. The molecular formula is C15H28N4O. The van der Waals surface area contributed by atoms with Crippen molar-refractivity contribution in [1.29, 1.82) is 0 Å². The van der Waals surface area contributed by atoms with Gasteiger partial charge in [0.2, 0.25) is 0 Å². The minimum absolute atomic E-state index is 0.237. The van der Waals surface area contributed by atoms with Gasteiger partial charge in [-0.05, 0) is 32.6 Å². The van der Waals surface area contributed by atoms with Gasteiger partial charge in [0.05, 0.1) is 18.8 Å². The van der Waals surface area contributed by atoms with E-state index < -0.39 is 0 Å². The summed E-state index contributed by atoms with van der Waals surface area (Å²) in [5.74, 6) is 0.821. The third kappa shape index (κ3) is 3.59. The maximum absolute atomic E-state index is 6.07. The Hall–Kier alpha value is -0.910. The molecule has 5 nitrogen and oxygen atoms in total. The van der Waals surface area contributed by atoms with Crippen LogP contribution in [-0.4, -0.2) is 47.5 Å². The predicted molar refractivity (Wildman–Crippen MR) is 80.5 cm³/mol. The average molecular weight is 280 g/mol. The van der Waals surface area contributed by atoms with Crippen LogP contribution in [0.5, 0.6) is 0 Å². The fourth-order valence-electron chi connectivity index (χ4n) is 2.88. The van der Waals surface area contributed by atoms with E-state index >= 15 is 0 Å². The first kappa shape index (κ1) is 15.5. The highest BCUT2D eigenvalue weighted by Gasteiger charge is 2.35. The van der Waals surface area contributed by atoms with E-state index in [-0.39, 0.29) is 6.04 Å². The Bertz CT molecular complexity index is 402. The molecule has 1 aliphatic carbocycles. The van der Waals surface area contributed by atoms with Gasteiger partial charge >= 0.3 is 0 Å².